The van der Waals surface area contributed by atoms with Crippen molar-refractivity contribution in [3.63, 3.8) is 0 Å². The van der Waals surface area contributed by atoms with Gasteiger partial charge in [-0.15, -0.1) is 0 Å². The number of hydrogen-bond donors (Lipinski definition) is 2. The van der Waals surface area contributed by atoms with E-state index >= 15 is 0 Å². The normalized spacial score (nSPS) is 22.3. The van der Waals surface area contributed by atoms with Crippen molar-refractivity contribution < 1.29 is 20.9 Å². The molecule has 2 N–H and O–H groups in total. The van der Waals surface area contributed by atoms with E-state index in [1.807, 2.05) is 27.7 Å². The van der Waals surface area contributed by atoms with Gasteiger partial charge in [0, 0.05) is 39.4 Å². The summed E-state index contributed by atoms with van der Waals surface area (Å²) in [6.07, 6.45) is 9.65. The summed E-state index contributed by atoms with van der Waals surface area (Å²) in [6.45, 7) is 8.58. The first kappa shape index (κ1) is 25.1. The molecule has 26 heavy (non-hydrogen) atoms. The zero-order chi connectivity index (χ0) is 19.9. The standard InChI is InChI=1S/C18H31NO3.C2H6.CH4O.H2/c1-13(2)18(21)14-11-15(12-14)19-17(20)9-6-10-22-16-7-4-3-5-8-16;2*1-2;/h13-16H,3-12H2,1-2H3,(H,19,20);1-2H3;2H,1H3;1H. The fraction of sp³-hybridized carbons (Fsp3) is 0.905. The van der Waals surface area contributed by atoms with E-state index in [2.05, 4.69) is 5.32 Å². The highest BCUT2D eigenvalue weighted by Crippen LogP contribution is 2.30. The number of carbonyl (C=O) groups is 2. The molecule has 0 bridgehead atoms. The van der Waals surface area contributed by atoms with Gasteiger partial charge in [-0.05, 0) is 32.1 Å². The number of aliphatic hydroxyl groups is 1. The molecule has 0 spiro atoms. The quantitative estimate of drug-likeness (QED) is 0.628. The van der Waals surface area contributed by atoms with Crippen molar-refractivity contribution in [3.05, 3.63) is 0 Å². The molecule has 5 nitrogen and oxygen atoms in total. The molecule has 2 aliphatic rings. The predicted octanol–water partition coefficient (Wildman–Crippen LogP) is 4.12. The molecule has 0 saturated heterocycles. The molecular weight excluding hydrogens is 330 g/mol. The third-order valence-electron chi connectivity index (χ3n) is 4.93. The summed E-state index contributed by atoms with van der Waals surface area (Å²) in [5, 5.41) is 10.0. The van der Waals surface area contributed by atoms with Crippen LogP contribution in [0.5, 0.6) is 0 Å². The largest absolute Gasteiger partial charge is 0.400 e. The molecule has 0 atom stereocenters. The van der Waals surface area contributed by atoms with Crippen LogP contribution in [-0.4, -0.2) is 42.7 Å². The number of hydrogen-bond acceptors (Lipinski definition) is 4. The Bertz CT molecular complexity index is 378. The van der Waals surface area contributed by atoms with Gasteiger partial charge in [0.25, 0.3) is 0 Å². The summed E-state index contributed by atoms with van der Waals surface area (Å²) in [5.74, 6) is 0.720. The zero-order valence-electron chi connectivity index (χ0n) is 17.6. The molecule has 2 saturated carbocycles. The smallest absolute Gasteiger partial charge is 0.220 e. The molecule has 0 aromatic carbocycles. The van der Waals surface area contributed by atoms with E-state index in [1.54, 1.807) is 0 Å². The lowest BCUT2D eigenvalue weighted by Gasteiger charge is -2.35. The maximum absolute atomic E-state index is 11.9. The fourth-order valence-electron chi connectivity index (χ4n) is 3.45. The summed E-state index contributed by atoms with van der Waals surface area (Å²) in [6, 6.07) is 0.208. The molecule has 156 valence electrons. The molecule has 0 heterocycles. The van der Waals surface area contributed by atoms with Gasteiger partial charge in [0.2, 0.25) is 5.91 Å². The second-order valence-corrected chi connectivity index (χ2v) is 7.22. The number of rotatable bonds is 8. The van der Waals surface area contributed by atoms with Crippen LogP contribution in [0.2, 0.25) is 0 Å². The van der Waals surface area contributed by atoms with Gasteiger partial charge >= 0.3 is 0 Å². The number of Topliss-reactive ketones (excluding diaryl/α,β-unsaturated/α-hetero) is 1. The number of ketones is 1. The first-order valence-corrected chi connectivity index (χ1v) is 10.5. The van der Waals surface area contributed by atoms with E-state index in [9.17, 15) is 9.59 Å². The Hall–Kier alpha value is -0.940. The van der Waals surface area contributed by atoms with E-state index in [0.717, 1.165) is 26.4 Å². The highest BCUT2D eigenvalue weighted by molar-refractivity contribution is 5.84. The van der Waals surface area contributed by atoms with Crippen molar-refractivity contribution in [1.82, 2.24) is 5.32 Å². The van der Waals surface area contributed by atoms with Crippen molar-refractivity contribution in [2.45, 2.75) is 97.6 Å². The third kappa shape index (κ3) is 9.67. The number of carbonyl (C=O) groups excluding carboxylic acids is 2. The molecule has 0 unspecified atom stereocenters. The Labute approximate surface area is 161 Å². The fourth-order valence-corrected chi connectivity index (χ4v) is 3.45. The first-order valence-electron chi connectivity index (χ1n) is 10.5. The van der Waals surface area contributed by atoms with E-state index in [1.165, 1.54) is 32.1 Å². The van der Waals surface area contributed by atoms with Gasteiger partial charge in [-0.3, -0.25) is 9.59 Å². The Morgan fingerprint density at radius 1 is 1.12 bits per heavy atom. The molecule has 2 rings (SSSR count). The SMILES string of the molecule is CC.CC(C)C(=O)C1CC(NC(=O)CCCOC2CCCCC2)C1.CO.[HH]. The summed E-state index contributed by atoms with van der Waals surface area (Å²) in [4.78, 5) is 23.6. The highest BCUT2D eigenvalue weighted by Gasteiger charge is 2.35. The van der Waals surface area contributed by atoms with Gasteiger partial charge in [-0.25, -0.2) is 0 Å². The van der Waals surface area contributed by atoms with Crippen molar-refractivity contribution in [1.29, 1.82) is 0 Å². The lowest BCUT2D eigenvalue weighted by Crippen LogP contribution is -2.47. The van der Waals surface area contributed by atoms with Crippen LogP contribution in [0.25, 0.3) is 0 Å². The number of amides is 1. The summed E-state index contributed by atoms with van der Waals surface area (Å²) < 4.78 is 5.83. The monoisotopic (exact) mass is 373 g/mol. The van der Waals surface area contributed by atoms with Crippen molar-refractivity contribution >= 4 is 11.7 Å². The van der Waals surface area contributed by atoms with Gasteiger partial charge in [0.1, 0.15) is 5.78 Å². The molecule has 1 amide bonds. The molecule has 0 aliphatic heterocycles. The molecule has 5 heteroatoms. The van der Waals surface area contributed by atoms with Gasteiger partial charge in [0.05, 0.1) is 6.10 Å². The van der Waals surface area contributed by atoms with E-state index in [4.69, 9.17) is 9.84 Å². The lowest BCUT2D eigenvalue weighted by atomic mass is 9.75. The van der Waals surface area contributed by atoms with Gasteiger partial charge < -0.3 is 15.2 Å². The van der Waals surface area contributed by atoms with Crippen molar-refractivity contribution in [3.8, 4) is 0 Å². The second kappa shape index (κ2) is 15.2. The number of aliphatic hydroxyl groups excluding tert-OH is 1. The highest BCUT2D eigenvalue weighted by atomic mass is 16.5. The van der Waals surface area contributed by atoms with Crippen LogP contribution < -0.4 is 5.32 Å². The van der Waals surface area contributed by atoms with E-state index < -0.39 is 0 Å². The minimum atomic E-state index is 0. The van der Waals surface area contributed by atoms with Crippen LogP contribution in [0.1, 0.15) is 86.9 Å². The Balaban J connectivity index is 0. The minimum absolute atomic E-state index is 0. The molecule has 0 aromatic rings. The summed E-state index contributed by atoms with van der Waals surface area (Å²) >= 11 is 0. The Morgan fingerprint density at radius 2 is 1.69 bits per heavy atom. The minimum Gasteiger partial charge on any atom is -0.400 e. The third-order valence-corrected chi connectivity index (χ3v) is 4.93. The summed E-state index contributed by atoms with van der Waals surface area (Å²) in [5.41, 5.74) is 0. The molecule has 2 fully saturated rings. The van der Waals surface area contributed by atoms with Crippen molar-refractivity contribution in [2.75, 3.05) is 13.7 Å². The predicted molar refractivity (Wildman–Crippen MR) is 108 cm³/mol. The molecule has 2 aliphatic carbocycles. The van der Waals surface area contributed by atoms with Crippen LogP contribution >= 0.6 is 0 Å². The van der Waals surface area contributed by atoms with Crippen LogP contribution in [0, 0.1) is 11.8 Å². The summed E-state index contributed by atoms with van der Waals surface area (Å²) in [7, 11) is 1.00. The average molecular weight is 374 g/mol. The van der Waals surface area contributed by atoms with Gasteiger partial charge in [-0.2, -0.15) is 0 Å². The number of nitrogens with one attached hydrogen (secondary N) is 1. The average Bonchev–Trinajstić information content (AvgIpc) is 2.65. The molecular formula is C21H43NO4. The van der Waals surface area contributed by atoms with Crippen LogP contribution in [0.3, 0.4) is 0 Å². The van der Waals surface area contributed by atoms with E-state index in [0.29, 0.717) is 24.9 Å². The van der Waals surface area contributed by atoms with E-state index in [-0.39, 0.29) is 25.2 Å². The Morgan fingerprint density at radius 3 is 2.23 bits per heavy atom. The zero-order valence-corrected chi connectivity index (χ0v) is 17.6. The van der Waals surface area contributed by atoms with Gasteiger partial charge in [-0.1, -0.05) is 47.0 Å². The maximum Gasteiger partial charge on any atom is 0.220 e. The van der Waals surface area contributed by atoms with Gasteiger partial charge in [0.15, 0.2) is 0 Å². The lowest BCUT2D eigenvalue weighted by molar-refractivity contribution is -0.131. The molecule has 0 radical (unpaired) electrons. The maximum atomic E-state index is 11.9. The Kier molecular flexibility index (Phi) is 14.6. The van der Waals surface area contributed by atoms with Crippen LogP contribution in [0.15, 0.2) is 0 Å². The second-order valence-electron chi connectivity index (χ2n) is 7.22. The van der Waals surface area contributed by atoms with Crippen LogP contribution in [0.4, 0.5) is 0 Å². The first-order chi connectivity index (χ1) is 12.6. The van der Waals surface area contributed by atoms with Crippen molar-refractivity contribution in [2.24, 2.45) is 11.8 Å². The molecule has 0 aromatic heterocycles. The van der Waals surface area contributed by atoms with Crippen LogP contribution in [-0.2, 0) is 14.3 Å². The topological polar surface area (TPSA) is 75.6 Å². The number of ether oxygens (including phenoxy) is 1.